The maximum atomic E-state index is 8.92. The van der Waals surface area contributed by atoms with E-state index in [4.69, 9.17) is 5.11 Å². The Labute approximate surface area is 89.2 Å². The molecule has 1 rings (SSSR count). The molecule has 0 aliphatic carbocycles. The summed E-state index contributed by atoms with van der Waals surface area (Å²) in [5, 5.41) is 13.3. The zero-order valence-electron chi connectivity index (χ0n) is 9.16. The zero-order valence-corrected chi connectivity index (χ0v) is 9.98. The third-order valence-electron chi connectivity index (χ3n) is 2.16. The first-order valence-corrected chi connectivity index (χ1v) is 5.67. The molecule has 2 N–H and O–H groups in total. The number of hydrogen-bond donors (Lipinski definition) is 2. The molecule has 0 aromatic carbocycles. The Morgan fingerprint density at radius 1 is 1.43 bits per heavy atom. The molecular formula is C10H18N2OS. The predicted octanol–water partition coefficient (Wildman–Crippen LogP) is 1.79. The second-order valence-corrected chi connectivity index (χ2v) is 5.05. The van der Waals surface area contributed by atoms with E-state index in [9.17, 15) is 0 Å². The molecule has 14 heavy (non-hydrogen) atoms. The summed E-state index contributed by atoms with van der Waals surface area (Å²) < 4.78 is 0. The molecule has 0 aliphatic rings. The van der Waals surface area contributed by atoms with Gasteiger partial charge in [-0.05, 0) is 27.7 Å². The van der Waals surface area contributed by atoms with Gasteiger partial charge >= 0.3 is 0 Å². The van der Waals surface area contributed by atoms with Gasteiger partial charge < -0.3 is 10.4 Å². The van der Waals surface area contributed by atoms with Crippen LogP contribution in [-0.4, -0.2) is 22.7 Å². The van der Waals surface area contributed by atoms with E-state index in [2.05, 4.69) is 24.1 Å². The molecule has 0 saturated carbocycles. The van der Waals surface area contributed by atoms with Crippen LogP contribution in [0.15, 0.2) is 0 Å². The van der Waals surface area contributed by atoms with Crippen molar-refractivity contribution in [2.24, 2.45) is 0 Å². The number of aromatic nitrogens is 1. The van der Waals surface area contributed by atoms with Crippen molar-refractivity contribution in [3.05, 3.63) is 15.6 Å². The first-order chi connectivity index (χ1) is 6.54. The monoisotopic (exact) mass is 214 g/mol. The lowest BCUT2D eigenvalue weighted by atomic mass is 10.2. The second-order valence-electron chi connectivity index (χ2n) is 3.65. The van der Waals surface area contributed by atoms with Gasteiger partial charge in [0.05, 0.1) is 17.3 Å². The largest absolute Gasteiger partial charge is 0.395 e. The molecule has 0 aliphatic heterocycles. The number of thiazole rings is 1. The van der Waals surface area contributed by atoms with Gasteiger partial charge in [0.15, 0.2) is 0 Å². The normalized spacial score (nSPS) is 15.5. The van der Waals surface area contributed by atoms with E-state index in [1.807, 2.05) is 13.8 Å². The smallest absolute Gasteiger partial charge is 0.0900 e. The first kappa shape index (κ1) is 11.6. The summed E-state index contributed by atoms with van der Waals surface area (Å²) in [4.78, 5) is 5.73. The Kier molecular flexibility index (Phi) is 4.04. The average Bonchev–Trinajstić information content (AvgIpc) is 2.45. The van der Waals surface area contributed by atoms with Crippen molar-refractivity contribution in [2.75, 3.05) is 6.61 Å². The van der Waals surface area contributed by atoms with Crippen molar-refractivity contribution >= 4 is 11.3 Å². The van der Waals surface area contributed by atoms with Crippen LogP contribution in [-0.2, 0) is 0 Å². The van der Waals surface area contributed by atoms with Crippen molar-refractivity contribution in [2.45, 2.75) is 39.8 Å². The highest BCUT2D eigenvalue weighted by Crippen LogP contribution is 2.22. The SMILES string of the molecule is Cc1nc(C(C)N[C@@H](C)CO)c(C)s1. The molecule has 0 spiro atoms. The average molecular weight is 214 g/mol. The van der Waals surface area contributed by atoms with Crippen molar-refractivity contribution in [3.63, 3.8) is 0 Å². The standard InChI is InChI=1S/C10H18N2OS/c1-6(5-13)11-7(2)10-8(3)14-9(4)12-10/h6-7,11,13H,5H2,1-4H3/t6-,7?/m0/s1. The van der Waals surface area contributed by atoms with Gasteiger partial charge in [-0.1, -0.05) is 0 Å². The van der Waals surface area contributed by atoms with Gasteiger partial charge in [-0.2, -0.15) is 0 Å². The highest BCUT2D eigenvalue weighted by molar-refractivity contribution is 7.11. The molecule has 1 aromatic rings. The maximum Gasteiger partial charge on any atom is 0.0900 e. The summed E-state index contributed by atoms with van der Waals surface area (Å²) in [6.07, 6.45) is 0. The Morgan fingerprint density at radius 2 is 2.07 bits per heavy atom. The van der Waals surface area contributed by atoms with E-state index in [1.54, 1.807) is 11.3 Å². The van der Waals surface area contributed by atoms with Gasteiger partial charge in [-0.25, -0.2) is 4.98 Å². The number of hydrogen-bond acceptors (Lipinski definition) is 4. The van der Waals surface area contributed by atoms with Gasteiger partial charge in [0.2, 0.25) is 0 Å². The Balaban J connectivity index is 2.69. The predicted molar refractivity (Wildman–Crippen MR) is 59.7 cm³/mol. The molecule has 0 radical (unpaired) electrons. The van der Waals surface area contributed by atoms with Crippen LogP contribution in [0.3, 0.4) is 0 Å². The minimum Gasteiger partial charge on any atom is -0.395 e. The lowest BCUT2D eigenvalue weighted by molar-refractivity contribution is 0.242. The van der Waals surface area contributed by atoms with Crippen LogP contribution in [0.5, 0.6) is 0 Å². The molecule has 0 amide bonds. The fourth-order valence-electron chi connectivity index (χ4n) is 1.51. The molecule has 4 heteroatoms. The third kappa shape index (κ3) is 2.77. The van der Waals surface area contributed by atoms with Crippen molar-refractivity contribution in [1.29, 1.82) is 0 Å². The third-order valence-corrected chi connectivity index (χ3v) is 3.06. The quantitative estimate of drug-likeness (QED) is 0.803. The second kappa shape index (κ2) is 4.87. The summed E-state index contributed by atoms with van der Waals surface area (Å²) >= 11 is 1.72. The summed E-state index contributed by atoms with van der Waals surface area (Å²) in [5.41, 5.74) is 1.10. The van der Waals surface area contributed by atoms with Crippen LogP contribution in [0, 0.1) is 13.8 Å². The Morgan fingerprint density at radius 3 is 2.50 bits per heavy atom. The molecule has 0 fully saturated rings. The molecular weight excluding hydrogens is 196 g/mol. The van der Waals surface area contributed by atoms with E-state index in [-0.39, 0.29) is 18.7 Å². The molecule has 1 heterocycles. The minimum atomic E-state index is 0.117. The van der Waals surface area contributed by atoms with Gasteiger partial charge in [0, 0.05) is 17.0 Å². The highest BCUT2D eigenvalue weighted by atomic mass is 32.1. The number of nitrogens with one attached hydrogen (secondary N) is 1. The maximum absolute atomic E-state index is 8.92. The lowest BCUT2D eigenvalue weighted by Crippen LogP contribution is -2.32. The summed E-state index contributed by atoms with van der Waals surface area (Å²) in [7, 11) is 0. The number of aliphatic hydroxyl groups excluding tert-OH is 1. The summed E-state index contributed by atoms with van der Waals surface area (Å²) in [5.74, 6) is 0. The Bertz CT molecular complexity index is 298. The molecule has 1 unspecified atom stereocenters. The van der Waals surface area contributed by atoms with Crippen LogP contribution in [0.2, 0.25) is 0 Å². The molecule has 2 atom stereocenters. The molecule has 80 valence electrons. The number of aliphatic hydroxyl groups is 1. The van der Waals surface area contributed by atoms with Crippen molar-refractivity contribution in [1.82, 2.24) is 10.3 Å². The van der Waals surface area contributed by atoms with Gasteiger partial charge in [0.25, 0.3) is 0 Å². The first-order valence-electron chi connectivity index (χ1n) is 4.85. The molecule has 0 bridgehead atoms. The Hall–Kier alpha value is -0.450. The number of aryl methyl sites for hydroxylation is 2. The van der Waals surface area contributed by atoms with Crippen LogP contribution in [0.25, 0.3) is 0 Å². The summed E-state index contributed by atoms with van der Waals surface area (Å²) in [6, 6.07) is 0.327. The number of rotatable bonds is 4. The highest BCUT2D eigenvalue weighted by Gasteiger charge is 2.14. The fourth-order valence-corrected chi connectivity index (χ4v) is 2.42. The topological polar surface area (TPSA) is 45.2 Å². The van der Waals surface area contributed by atoms with E-state index >= 15 is 0 Å². The van der Waals surface area contributed by atoms with Gasteiger partial charge in [0.1, 0.15) is 0 Å². The van der Waals surface area contributed by atoms with E-state index in [1.165, 1.54) is 4.88 Å². The van der Waals surface area contributed by atoms with Crippen LogP contribution in [0.1, 0.15) is 35.5 Å². The molecule has 1 aromatic heterocycles. The van der Waals surface area contributed by atoms with Crippen molar-refractivity contribution < 1.29 is 5.11 Å². The van der Waals surface area contributed by atoms with E-state index in [0.717, 1.165) is 10.7 Å². The van der Waals surface area contributed by atoms with Crippen molar-refractivity contribution in [3.8, 4) is 0 Å². The summed E-state index contributed by atoms with van der Waals surface area (Å²) in [6.45, 7) is 8.30. The molecule has 0 saturated heterocycles. The lowest BCUT2D eigenvalue weighted by Gasteiger charge is -2.17. The fraction of sp³-hybridized carbons (Fsp3) is 0.700. The van der Waals surface area contributed by atoms with Gasteiger partial charge in [-0.15, -0.1) is 11.3 Å². The minimum absolute atomic E-state index is 0.117. The van der Waals surface area contributed by atoms with Gasteiger partial charge in [-0.3, -0.25) is 0 Å². The van der Waals surface area contributed by atoms with E-state index < -0.39 is 0 Å². The van der Waals surface area contributed by atoms with Crippen LogP contribution < -0.4 is 5.32 Å². The van der Waals surface area contributed by atoms with Crippen LogP contribution in [0.4, 0.5) is 0 Å². The zero-order chi connectivity index (χ0) is 10.7. The van der Waals surface area contributed by atoms with Crippen LogP contribution >= 0.6 is 11.3 Å². The van der Waals surface area contributed by atoms with E-state index in [0.29, 0.717) is 0 Å². The molecule has 3 nitrogen and oxygen atoms in total. The number of nitrogens with zero attached hydrogens (tertiary/aromatic N) is 1.